The van der Waals surface area contributed by atoms with Crippen LogP contribution >= 0.6 is 0 Å². The third-order valence-electron chi connectivity index (χ3n) is 3.88. The highest BCUT2D eigenvalue weighted by atomic mass is 19.4. The van der Waals surface area contributed by atoms with Gasteiger partial charge in [-0.25, -0.2) is 4.79 Å². The van der Waals surface area contributed by atoms with E-state index >= 15 is 0 Å². The molecule has 0 aromatic carbocycles. The summed E-state index contributed by atoms with van der Waals surface area (Å²) in [4.78, 5) is 11.2. The topological polar surface area (TPSA) is 26.3 Å². The highest BCUT2D eigenvalue weighted by molar-refractivity contribution is 5.87. The van der Waals surface area contributed by atoms with E-state index in [1.54, 1.807) is 0 Å². The average Bonchev–Trinajstić information content (AvgIpc) is 2.50. The van der Waals surface area contributed by atoms with Crippen LogP contribution < -0.4 is 0 Å². The fourth-order valence-electron chi connectivity index (χ4n) is 2.29. The third kappa shape index (κ3) is 11.2. The Hall–Kier alpha value is -1.14. The number of hydrogen-bond acceptors (Lipinski definition) is 2. The zero-order valence-electron chi connectivity index (χ0n) is 15.1. The van der Waals surface area contributed by atoms with Gasteiger partial charge in [0.15, 0.2) is 0 Å². The van der Waals surface area contributed by atoms with Gasteiger partial charge in [0.05, 0.1) is 0 Å². The number of allylic oxidation sites excluding steroid dienone is 1. The lowest BCUT2D eigenvalue weighted by atomic mass is 10.1. The van der Waals surface area contributed by atoms with Gasteiger partial charge in [0.1, 0.15) is 0 Å². The van der Waals surface area contributed by atoms with Crippen LogP contribution in [0.15, 0.2) is 11.6 Å². The molecule has 0 rings (SSSR count). The van der Waals surface area contributed by atoms with Gasteiger partial charge in [-0.2, -0.15) is 22.0 Å². The SMILES string of the molecule is CCCCCCCCCCCCC=C(C)C(=O)OC(F)(F)C(F)(F)F. The maximum Gasteiger partial charge on any atom is 0.501 e. The highest BCUT2D eigenvalue weighted by Crippen LogP contribution is 2.36. The van der Waals surface area contributed by atoms with Gasteiger partial charge in [0.25, 0.3) is 0 Å². The molecule has 148 valence electrons. The maximum atomic E-state index is 12.6. The number of halogens is 5. The lowest BCUT2D eigenvalue weighted by Crippen LogP contribution is -2.41. The van der Waals surface area contributed by atoms with Crippen LogP contribution in [0.25, 0.3) is 0 Å². The van der Waals surface area contributed by atoms with Crippen molar-refractivity contribution < 1.29 is 31.5 Å². The van der Waals surface area contributed by atoms with Crippen molar-refractivity contribution >= 4 is 5.97 Å². The van der Waals surface area contributed by atoms with E-state index in [2.05, 4.69) is 11.7 Å². The lowest BCUT2D eigenvalue weighted by molar-refractivity contribution is -0.375. The normalized spacial score (nSPS) is 13.2. The zero-order chi connectivity index (χ0) is 19.3. The molecular formula is C18H29F5O2. The second-order valence-corrected chi connectivity index (χ2v) is 6.26. The first-order valence-corrected chi connectivity index (χ1v) is 8.96. The maximum absolute atomic E-state index is 12.6. The van der Waals surface area contributed by atoms with Crippen molar-refractivity contribution in [2.45, 2.75) is 96.8 Å². The van der Waals surface area contributed by atoms with E-state index in [0.717, 1.165) is 25.7 Å². The van der Waals surface area contributed by atoms with Crippen molar-refractivity contribution in [1.29, 1.82) is 0 Å². The summed E-state index contributed by atoms with van der Waals surface area (Å²) < 4.78 is 64.3. The molecule has 0 fully saturated rings. The van der Waals surface area contributed by atoms with Crippen LogP contribution in [0.2, 0.25) is 0 Å². The van der Waals surface area contributed by atoms with Crippen LogP contribution in [0, 0.1) is 0 Å². The second-order valence-electron chi connectivity index (χ2n) is 6.26. The number of ether oxygens (including phenoxy) is 1. The molecule has 0 unspecified atom stereocenters. The Morgan fingerprint density at radius 3 is 1.72 bits per heavy atom. The third-order valence-corrected chi connectivity index (χ3v) is 3.88. The van der Waals surface area contributed by atoms with Gasteiger partial charge in [-0.15, -0.1) is 0 Å². The highest BCUT2D eigenvalue weighted by Gasteiger charge is 2.62. The summed E-state index contributed by atoms with van der Waals surface area (Å²) in [5, 5.41) is 0. The number of rotatable bonds is 13. The monoisotopic (exact) mass is 372 g/mol. The lowest BCUT2D eigenvalue weighted by Gasteiger charge is -2.18. The second kappa shape index (κ2) is 12.3. The molecule has 0 saturated heterocycles. The van der Waals surface area contributed by atoms with E-state index in [-0.39, 0.29) is 5.57 Å². The fraction of sp³-hybridized carbons (Fsp3) is 0.833. The summed E-state index contributed by atoms with van der Waals surface area (Å²) in [6.07, 6.45) is 1.80. The quantitative estimate of drug-likeness (QED) is 0.151. The molecule has 0 aliphatic heterocycles. The molecule has 0 heterocycles. The summed E-state index contributed by atoms with van der Waals surface area (Å²) in [6.45, 7) is 3.35. The van der Waals surface area contributed by atoms with Gasteiger partial charge in [-0.1, -0.05) is 70.8 Å². The van der Waals surface area contributed by atoms with Crippen molar-refractivity contribution in [1.82, 2.24) is 0 Å². The van der Waals surface area contributed by atoms with Crippen molar-refractivity contribution in [2.24, 2.45) is 0 Å². The molecule has 7 heteroatoms. The Kier molecular flexibility index (Phi) is 11.7. The summed E-state index contributed by atoms with van der Waals surface area (Å²) in [7, 11) is 0. The molecule has 0 aromatic heterocycles. The first-order valence-electron chi connectivity index (χ1n) is 8.96. The Labute approximate surface area is 146 Å². The first kappa shape index (κ1) is 23.9. The summed E-state index contributed by atoms with van der Waals surface area (Å²) in [5.74, 6) is -1.64. The van der Waals surface area contributed by atoms with Crippen molar-refractivity contribution in [3.8, 4) is 0 Å². The molecule has 0 amide bonds. The Morgan fingerprint density at radius 1 is 0.840 bits per heavy atom. The van der Waals surface area contributed by atoms with E-state index in [1.165, 1.54) is 51.5 Å². The molecule has 0 aliphatic rings. The Morgan fingerprint density at radius 2 is 1.28 bits per heavy atom. The van der Waals surface area contributed by atoms with Gasteiger partial charge in [-0.05, 0) is 19.8 Å². The number of hydrogen-bond donors (Lipinski definition) is 0. The zero-order valence-corrected chi connectivity index (χ0v) is 15.1. The molecule has 2 nitrogen and oxygen atoms in total. The molecular weight excluding hydrogens is 343 g/mol. The van der Waals surface area contributed by atoms with Crippen LogP contribution in [0.3, 0.4) is 0 Å². The van der Waals surface area contributed by atoms with Crippen molar-refractivity contribution in [3.05, 3.63) is 11.6 Å². The molecule has 0 N–H and O–H groups in total. The van der Waals surface area contributed by atoms with Crippen molar-refractivity contribution in [3.63, 3.8) is 0 Å². The number of unbranched alkanes of at least 4 members (excludes halogenated alkanes) is 10. The molecule has 0 spiro atoms. The number of esters is 1. The van der Waals surface area contributed by atoms with Crippen molar-refractivity contribution in [2.75, 3.05) is 0 Å². The number of alkyl halides is 5. The molecule has 0 aromatic rings. The number of carbonyl (C=O) groups excluding carboxylic acids is 1. The van der Waals surface area contributed by atoms with E-state index < -0.39 is 18.3 Å². The van der Waals surface area contributed by atoms with Gasteiger partial charge in [0, 0.05) is 5.57 Å². The van der Waals surface area contributed by atoms with Crippen LogP contribution in [-0.2, 0) is 9.53 Å². The molecule has 0 saturated carbocycles. The average molecular weight is 372 g/mol. The van der Waals surface area contributed by atoms with E-state index in [0.29, 0.717) is 6.42 Å². The molecule has 0 bridgehead atoms. The van der Waals surface area contributed by atoms with E-state index in [9.17, 15) is 26.7 Å². The van der Waals surface area contributed by atoms with Crippen LogP contribution in [0.4, 0.5) is 22.0 Å². The minimum absolute atomic E-state index is 0.236. The van der Waals surface area contributed by atoms with Gasteiger partial charge < -0.3 is 4.74 Å². The van der Waals surface area contributed by atoms with Crippen LogP contribution in [-0.4, -0.2) is 18.3 Å². The molecule has 0 radical (unpaired) electrons. The standard InChI is InChI=1S/C18H29F5O2/c1-3-4-5-6-7-8-9-10-11-12-13-14-15(2)16(24)25-18(22,23)17(19,20)21/h14H,3-13H2,1-2H3. The summed E-state index contributed by atoms with van der Waals surface area (Å²) in [6, 6.07) is 0. The molecule has 25 heavy (non-hydrogen) atoms. The minimum atomic E-state index is -5.90. The Bertz CT molecular complexity index is 403. The number of carbonyl (C=O) groups is 1. The van der Waals surface area contributed by atoms with Gasteiger partial charge >= 0.3 is 18.3 Å². The largest absolute Gasteiger partial charge is 0.501 e. The summed E-state index contributed by atoms with van der Waals surface area (Å²) >= 11 is 0. The Balaban J connectivity index is 3.83. The van der Waals surface area contributed by atoms with E-state index in [1.807, 2.05) is 0 Å². The fourth-order valence-corrected chi connectivity index (χ4v) is 2.29. The summed E-state index contributed by atoms with van der Waals surface area (Å²) in [5.41, 5.74) is -0.236. The first-order chi connectivity index (χ1) is 11.6. The molecule has 0 aliphatic carbocycles. The molecule has 0 atom stereocenters. The smallest absolute Gasteiger partial charge is 0.390 e. The predicted molar refractivity (Wildman–Crippen MR) is 87.3 cm³/mol. The van der Waals surface area contributed by atoms with Crippen LogP contribution in [0.5, 0.6) is 0 Å². The van der Waals surface area contributed by atoms with Gasteiger partial charge in [0.2, 0.25) is 0 Å². The minimum Gasteiger partial charge on any atom is -0.390 e. The van der Waals surface area contributed by atoms with E-state index in [4.69, 9.17) is 0 Å². The van der Waals surface area contributed by atoms with Crippen LogP contribution in [0.1, 0.15) is 84.5 Å². The predicted octanol–water partition coefficient (Wildman–Crippen LogP) is 6.94. The van der Waals surface area contributed by atoms with Gasteiger partial charge in [-0.3, -0.25) is 0 Å².